The first-order valence-corrected chi connectivity index (χ1v) is 5.98. The number of rotatable bonds is 2. The predicted molar refractivity (Wildman–Crippen MR) is 64.1 cm³/mol. The van der Waals surface area contributed by atoms with Crippen molar-refractivity contribution in [2.24, 2.45) is 5.92 Å². The monoisotopic (exact) mass is 259 g/mol. The van der Waals surface area contributed by atoms with E-state index in [-0.39, 0.29) is 11.9 Å². The second-order valence-electron chi connectivity index (χ2n) is 5.25. The molecule has 1 fully saturated rings. The molecule has 1 aliphatic heterocycles. The Morgan fingerprint density at radius 1 is 1.33 bits per heavy atom. The van der Waals surface area contributed by atoms with Crippen LogP contribution < -0.4 is 5.32 Å². The Bertz CT molecular complexity index is 310. The Hall–Kier alpha value is -1.30. The van der Waals surface area contributed by atoms with E-state index in [1.54, 1.807) is 20.8 Å². The number of ether oxygens (including phenoxy) is 3. The van der Waals surface area contributed by atoms with Gasteiger partial charge in [-0.05, 0) is 27.2 Å². The molecule has 1 N–H and O–H groups in total. The van der Waals surface area contributed by atoms with E-state index in [9.17, 15) is 9.59 Å². The zero-order valence-corrected chi connectivity index (χ0v) is 11.3. The van der Waals surface area contributed by atoms with Crippen LogP contribution in [0.2, 0.25) is 0 Å². The first-order chi connectivity index (χ1) is 8.33. The lowest BCUT2D eigenvalue weighted by atomic mass is 9.95. The van der Waals surface area contributed by atoms with E-state index in [1.807, 2.05) is 0 Å². The highest BCUT2D eigenvalue weighted by atomic mass is 16.6. The molecule has 2 unspecified atom stereocenters. The van der Waals surface area contributed by atoms with Crippen LogP contribution in [0.3, 0.4) is 0 Å². The van der Waals surface area contributed by atoms with E-state index in [0.717, 1.165) is 0 Å². The summed E-state index contributed by atoms with van der Waals surface area (Å²) in [7, 11) is 1.34. The lowest BCUT2D eigenvalue weighted by molar-refractivity contribution is -0.150. The van der Waals surface area contributed by atoms with Gasteiger partial charge in [0.25, 0.3) is 0 Å². The number of methoxy groups -OCH3 is 1. The number of hydrogen-bond donors (Lipinski definition) is 1. The van der Waals surface area contributed by atoms with Crippen molar-refractivity contribution in [3.63, 3.8) is 0 Å². The number of esters is 1. The van der Waals surface area contributed by atoms with Gasteiger partial charge in [-0.2, -0.15) is 0 Å². The second-order valence-corrected chi connectivity index (χ2v) is 5.25. The minimum Gasteiger partial charge on any atom is -0.469 e. The number of nitrogens with one attached hydrogen (secondary N) is 1. The van der Waals surface area contributed by atoms with Gasteiger partial charge in [-0.3, -0.25) is 4.79 Å². The Kier molecular flexibility index (Phi) is 4.95. The van der Waals surface area contributed by atoms with Gasteiger partial charge in [0.1, 0.15) is 5.60 Å². The van der Waals surface area contributed by atoms with Crippen molar-refractivity contribution < 1.29 is 23.8 Å². The zero-order valence-electron chi connectivity index (χ0n) is 11.3. The smallest absolute Gasteiger partial charge is 0.407 e. The zero-order chi connectivity index (χ0) is 13.8. The molecule has 0 aromatic heterocycles. The molecule has 0 saturated carbocycles. The Morgan fingerprint density at radius 2 is 2.00 bits per heavy atom. The van der Waals surface area contributed by atoms with Crippen molar-refractivity contribution in [2.45, 2.75) is 38.8 Å². The van der Waals surface area contributed by atoms with Crippen LogP contribution in [0.25, 0.3) is 0 Å². The first kappa shape index (κ1) is 14.8. The largest absolute Gasteiger partial charge is 0.469 e. The molecule has 1 rings (SSSR count). The molecule has 6 heteroatoms. The van der Waals surface area contributed by atoms with E-state index in [1.165, 1.54) is 7.11 Å². The lowest BCUT2D eigenvalue weighted by Crippen LogP contribution is -2.50. The number of hydrogen-bond acceptors (Lipinski definition) is 5. The highest BCUT2D eigenvalue weighted by Crippen LogP contribution is 2.18. The quantitative estimate of drug-likeness (QED) is 0.751. The number of alkyl carbamates (subject to hydrolysis) is 1. The maximum Gasteiger partial charge on any atom is 0.407 e. The first-order valence-electron chi connectivity index (χ1n) is 5.98. The number of amides is 1. The van der Waals surface area contributed by atoms with E-state index in [4.69, 9.17) is 14.2 Å². The van der Waals surface area contributed by atoms with Crippen LogP contribution in [0.15, 0.2) is 0 Å². The molecule has 1 aliphatic rings. The second kappa shape index (κ2) is 6.04. The average molecular weight is 259 g/mol. The predicted octanol–water partition coefficient (Wildman–Crippen LogP) is 1.09. The van der Waals surface area contributed by atoms with Crippen LogP contribution in [-0.4, -0.2) is 44.0 Å². The lowest BCUT2D eigenvalue weighted by Gasteiger charge is -2.31. The molecule has 1 amide bonds. The van der Waals surface area contributed by atoms with Crippen molar-refractivity contribution in [3.8, 4) is 0 Å². The summed E-state index contributed by atoms with van der Waals surface area (Å²) >= 11 is 0. The van der Waals surface area contributed by atoms with Gasteiger partial charge in [-0.1, -0.05) is 0 Å². The van der Waals surface area contributed by atoms with Crippen LogP contribution in [0.4, 0.5) is 4.79 Å². The summed E-state index contributed by atoms with van der Waals surface area (Å²) < 4.78 is 15.1. The van der Waals surface area contributed by atoms with Crippen molar-refractivity contribution in [2.75, 3.05) is 20.3 Å². The SMILES string of the molecule is COC(=O)C1CCOCC1NC(=O)OC(C)(C)C. The maximum atomic E-state index is 11.6. The molecule has 1 saturated heterocycles. The highest BCUT2D eigenvalue weighted by molar-refractivity contribution is 5.75. The van der Waals surface area contributed by atoms with Crippen molar-refractivity contribution in [1.82, 2.24) is 5.32 Å². The van der Waals surface area contributed by atoms with Gasteiger partial charge in [-0.15, -0.1) is 0 Å². The Balaban J connectivity index is 2.57. The average Bonchev–Trinajstić information content (AvgIpc) is 2.26. The van der Waals surface area contributed by atoms with E-state index in [0.29, 0.717) is 19.6 Å². The molecule has 0 radical (unpaired) electrons. The summed E-state index contributed by atoms with van der Waals surface area (Å²) in [6.45, 7) is 6.12. The Morgan fingerprint density at radius 3 is 2.56 bits per heavy atom. The summed E-state index contributed by atoms with van der Waals surface area (Å²) in [5.41, 5.74) is -0.569. The van der Waals surface area contributed by atoms with Gasteiger partial charge < -0.3 is 19.5 Å². The summed E-state index contributed by atoms with van der Waals surface area (Å²) in [4.78, 5) is 23.2. The van der Waals surface area contributed by atoms with E-state index in [2.05, 4.69) is 5.32 Å². The highest BCUT2D eigenvalue weighted by Gasteiger charge is 2.34. The standard InChI is InChI=1S/C12H21NO5/c1-12(2,3)18-11(15)13-9-7-17-6-5-8(9)10(14)16-4/h8-9H,5-7H2,1-4H3,(H,13,15). The molecule has 6 nitrogen and oxygen atoms in total. The minimum atomic E-state index is -0.569. The molecule has 0 aliphatic carbocycles. The fraction of sp³-hybridized carbons (Fsp3) is 0.833. The van der Waals surface area contributed by atoms with Gasteiger partial charge in [-0.25, -0.2) is 4.79 Å². The Labute approximate surface area is 107 Å². The molecule has 18 heavy (non-hydrogen) atoms. The molecule has 104 valence electrons. The molecule has 2 atom stereocenters. The molecule has 0 aromatic carbocycles. The molecule has 1 heterocycles. The van der Waals surface area contributed by atoms with E-state index < -0.39 is 17.7 Å². The van der Waals surface area contributed by atoms with Gasteiger partial charge in [0.05, 0.1) is 25.7 Å². The fourth-order valence-corrected chi connectivity index (χ4v) is 1.77. The summed E-state index contributed by atoms with van der Waals surface area (Å²) in [5.74, 6) is -0.712. The number of carbonyl (C=O) groups excluding carboxylic acids is 2. The molecule has 0 bridgehead atoms. The van der Waals surface area contributed by atoms with Crippen LogP contribution in [0.5, 0.6) is 0 Å². The van der Waals surface area contributed by atoms with Crippen molar-refractivity contribution in [1.29, 1.82) is 0 Å². The van der Waals surface area contributed by atoms with Crippen molar-refractivity contribution >= 4 is 12.1 Å². The van der Waals surface area contributed by atoms with Gasteiger partial charge in [0, 0.05) is 6.61 Å². The van der Waals surface area contributed by atoms with Gasteiger partial charge in [0.2, 0.25) is 0 Å². The summed E-state index contributed by atoms with van der Waals surface area (Å²) in [5, 5.41) is 2.65. The maximum absolute atomic E-state index is 11.6. The van der Waals surface area contributed by atoms with Gasteiger partial charge >= 0.3 is 12.1 Å². The fourth-order valence-electron chi connectivity index (χ4n) is 1.77. The van der Waals surface area contributed by atoms with Gasteiger partial charge in [0.15, 0.2) is 0 Å². The molecule has 0 spiro atoms. The molecular formula is C12H21NO5. The third kappa shape index (κ3) is 4.52. The minimum absolute atomic E-state index is 0.291. The molecular weight excluding hydrogens is 238 g/mol. The summed E-state index contributed by atoms with van der Waals surface area (Å²) in [6.07, 6.45) is -0.0143. The number of carbonyl (C=O) groups is 2. The third-order valence-corrected chi connectivity index (χ3v) is 2.56. The summed E-state index contributed by atoms with van der Waals surface area (Å²) in [6, 6.07) is -0.402. The molecule has 0 aromatic rings. The van der Waals surface area contributed by atoms with Crippen LogP contribution in [-0.2, 0) is 19.0 Å². The van der Waals surface area contributed by atoms with Crippen molar-refractivity contribution in [3.05, 3.63) is 0 Å². The van der Waals surface area contributed by atoms with E-state index >= 15 is 0 Å². The topological polar surface area (TPSA) is 73.9 Å². The normalized spacial score (nSPS) is 24.2. The van der Waals surface area contributed by atoms with Crippen LogP contribution in [0, 0.1) is 5.92 Å². The third-order valence-electron chi connectivity index (χ3n) is 2.56. The van der Waals surface area contributed by atoms with Crippen LogP contribution in [0.1, 0.15) is 27.2 Å². The van der Waals surface area contributed by atoms with Crippen LogP contribution >= 0.6 is 0 Å².